The number of rotatable bonds is 5. The lowest BCUT2D eigenvalue weighted by Crippen LogP contribution is -2.13. The van der Waals surface area contributed by atoms with Gasteiger partial charge < -0.3 is 5.32 Å². The summed E-state index contributed by atoms with van der Waals surface area (Å²) in [6.45, 7) is 0. The number of nitro groups is 1. The summed E-state index contributed by atoms with van der Waals surface area (Å²) in [4.78, 5) is 22.6. The second kappa shape index (κ2) is 7.40. The van der Waals surface area contributed by atoms with Crippen molar-refractivity contribution in [3.63, 3.8) is 0 Å². The van der Waals surface area contributed by atoms with Gasteiger partial charge in [-0.05, 0) is 35.7 Å². The molecule has 5 nitrogen and oxygen atoms in total. The van der Waals surface area contributed by atoms with Gasteiger partial charge in [-0.3, -0.25) is 14.9 Å². The Morgan fingerprint density at radius 3 is 2.20 bits per heavy atom. The van der Waals surface area contributed by atoms with Crippen molar-refractivity contribution in [1.29, 1.82) is 0 Å². The molecule has 3 rings (SSSR count). The summed E-state index contributed by atoms with van der Waals surface area (Å²) < 4.78 is 0. The van der Waals surface area contributed by atoms with Gasteiger partial charge in [0, 0.05) is 23.4 Å². The normalized spacial score (nSPS) is 10.2. The fraction of sp³-hybridized carbons (Fsp3) is 0.0500. The number of nitro benzene ring substituents is 1. The molecule has 0 bridgehead atoms. The minimum absolute atomic E-state index is 0.0407. The lowest BCUT2D eigenvalue weighted by atomic mass is 10.0. The Hall–Kier alpha value is -3.47. The highest BCUT2D eigenvalue weighted by atomic mass is 16.6. The van der Waals surface area contributed by atoms with Crippen LogP contribution in [-0.4, -0.2) is 10.8 Å². The lowest BCUT2D eigenvalue weighted by molar-refractivity contribution is -0.384. The maximum absolute atomic E-state index is 12.4. The lowest BCUT2D eigenvalue weighted by Gasteiger charge is -2.11. The van der Waals surface area contributed by atoms with E-state index in [-0.39, 0.29) is 11.6 Å². The van der Waals surface area contributed by atoms with Gasteiger partial charge in [0.1, 0.15) is 0 Å². The van der Waals surface area contributed by atoms with Gasteiger partial charge in [0.2, 0.25) is 0 Å². The third-order valence-corrected chi connectivity index (χ3v) is 3.84. The zero-order chi connectivity index (χ0) is 17.6. The quantitative estimate of drug-likeness (QED) is 0.554. The summed E-state index contributed by atoms with van der Waals surface area (Å²) in [6, 6.07) is 23.2. The Kier molecular flexibility index (Phi) is 4.85. The highest BCUT2D eigenvalue weighted by Crippen LogP contribution is 2.20. The Morgan fingerprint density at radius 2 is 1.52 bits per heavy atom. The second-order valence-corrected chi connectivity index (χ2v) is 5.58. The number of hydrogen-bond acceptors (Lipinski definition) is 3. The fourth-order valence-electron chi connectivity index (χ4n) is 2.54. The van der Waals surface area contributed by atoms with Crippen molar-refractivity contribution < 1.29 is 9.72 Å². The Bertz CT molecular complexity index is 890. The minimum atomic E-state index is -0.489. The number of carbonyl (C=O) groups is 1. The summed E-state index contributed by atoms with van der Waals surface area (Å²) in [5, 5.41) is 13.6. The third kappa shape index (κ3) is 4.09. The first-order valence-corrected chi connectivity index (χ1v) is 7.81. The van der Waals surface area contributed by atoms with E-state index in [0.717, 1.165) is 16.8 Å². The van der Waals surface area contributed by atoms with Crippen LogP contribution in [0.25, 0.3) is 0 Å². The topological polar surface area (TPSA) is 72.2 Å². The average Bonchev–Trinajstić information content (AvgIpc) is 2.64. The van der Waals surface area contributed by atoms with Gasteiger partial charge in [0.25, 0.3) is 11.6 Å². The first kappa shape index (κ1) is 16.4. The molecule has 5 heteroatoms. The Morgan fingerprint density at radius 1 is 0.880 bits per heavy atom. The van der Waals surface area contributed by atoms with Gasteiger partial charge in [-0.2, -0.15) is 0 Å². The average molecular weight is 332 g/mol. The highest BCUT2D eigenvalue weighted by molar-refractivity contribution is 6.04. The van der Waals surface area contributed by atoms with Crippen LogP contribution in [0.2, 0.25) is 0 Å². The van der Waals surface area contributed by atoms with E-state index in [1.165, 1.54) is 24.3 Å². The number of nitrogens with zero attached hydrogens (tertiary/aromatic N) is 1. The van der Waals surface area contributed by atoms with Crippen LogP contribution in [0.3, 0.4) is 0 Å². The predicted octanol–water partition coefficient (Wildman–Crippen LogP) is 4.44. The van der Waals surface area contributed by atoms with Crippen LogP contribution in [0.4, 0.5) is 11.4 Å². The molecule has 0 aromatic heterocycles. The molecule has 0 spiro atoms. The standard InChI is InChI=1S/C20H16N2O3/c23-20(16-10-12-18(13-11-16)22(24)25)21-19-9-5-4-8-17(19)14-15-6-2-1-3-7-15/h1-13H,14H2,(H,21,23). The van der Waals surface area contributed by atoms with Crippen LogP contribution in [0.15, 0.2) is 78.9 Å². The molecule has 1 amide bonds. The first-order valence-electron chi connectivity index (χ1n) is 7.81. The molecular formula is C20H16N2O3. The van der Waals surface area contributed by atoms with Crippen molar-refractivity contribution in [3.05, 3.63) is 106 Å². The molecule has 124 valence electrons. The van der Waals surface area contributed by atoms with Crippen molar-refractivity contribution in [2.24, 2.45) is 0 Å². The molecule has 0 aliphatic heterocycles. The number of amides is 1. The SMILES string of the molecule is O=C(Nc1ccccc1Cc1ccccc1)c1ccc([N+](=O)[O-])cc1. The van der Waals surface area contributed by atoms with Crippen molar-refractivity contribution in [3.8, 4) is 0 Å². The van der Waals surface area contributed by atoms with E-state index >= 15 is 0 Å². The first-order chi connectivity index (χ1) is 12.1. The number of benzene rings is 3. The molecule has 0 atom stereocenters. The number of para-hydroxylation sites is 1. The molecule has 0 heterocycles. The molecule has 3 aromatic rings. The van der Waals surface area contributed by atoms with Gasteiger partial charge >= 0.3 is 0 Å². The van der Waals surface area contributed by atoms with Gasteiger partial charge in [-0.25, -0.2) is 0 Å². The van der Waals surface area contributed by atoms with Crippen LogP contribution in [-0.2, 0) is 6.42 Å². The minimum Gasteiger partial charge on any atom is -0.322 e. The number of anilines is 1. The molecule has 0 saturated carbocycles. The monoisotopic (exact) mass is 332 g/mol. The summed E-state index contributed by atoms with van der Waals surface area (Å²) in [6.07, 6.45) is 0.706. The number of non-ortho nitro benzene ring substituents is 1. The van der Waals surface area contributed by atoms with Gasteiger partial charge in [0.05, 0.1) is 4.92 Å². The van der Waals surface area contributed by atoms with Crippen molar-refractivity contribution in [2.45, 2.75) is 6.42 Å². The molecule has 1 N–H and O–H groups in total. The fourth-order valence-corrected chi connectivity index (χ4v) is 2.54. The second-order valence-electron chi connectivity index (χ2n) is 5.58. The van der Waals surface area contributed by atoms with Crippen LogP contribution < -0.4 is 5.32 Å². The van der Waals surface area contributed by atoms with Crippen molar-refractivity contribution in [2.75, 3.05) is 5.32 Å². The van der Waals surface area contributed by atoms with E-state index in [9.17, 15) is 14.9 Å². The summed E-state index contributed by atoms with van der Waals surface area (Å²) in [5.41, 5.74) is 3.22. The molecule has 0 unspecified atom stereocenters. The molecule has 3 aromatic carbocycles. The smallest absolute Gasteiger partial charge is 0.269 e. The summed E-state index contributed by atoms with van der Waals surface area (Å²) >= 11 is 0. The Labute approximate surface area is 145 Å². The molecule has 25 heavy (non-hydrogen) atoms. The molecule has 0 saturated heterocycles. The Balaban J connectivity index is 1.78. The highest BCUT2D eigenvalue weighted by Gasteiger charge is 2.11. The van der Waals surface area contributed by atoms with E-state index in [1.807, 2.05) is 54.6 Å². The molecule has 0 fully saturated rings. The summed E-state index contributed by atoms with van der Waals surface area (Å²) in [5.74, 6) is -0.296. The third-order valence-electron chi connectivity index (χ3n) is 3.84. The van der Waals surface area contributed by atoms with Crippen LogP contribution in [0.5, 0.6) is 0 Å². The number of carbonyl (C=O) groups excluding carboxylic acids is 1. The van der Waals surface area contributed by atoms with Gasteiger partial charge in [0.15, 0.2) is 0 Å². The zero-order valence-corrected chi connectivity index (χ0v) is 13.4. The van der Waals surface area contributed by atoms with E-state index in [4.69, 9.17) is 0 Å². The molecule has 0 aliphatic carbocycles. The maximum Gasteiger partial charge on any atom is 0.269 e. The van der Waals surface area contributed by atoms with Gasteiger partial charge in [-0.15, -0.1) is 0 Å². The number of hydrogen-bond donors (Lipinski definition) is 1. The molecule has 0 radical (unpaired) electrons. The van der Waals surface area contributed by atoms with E-state index < -0.39 is 4.92 Å². The molecular weight excluding hydrogens is 316 g/mol. The van der Waals surface area contributed by atoms with Crippen molar-refractivity contribution in [1.82, 2.24) is 0 Å². The zero-order valence-electron chi connectivity index (χ0n) is 13.4. The molecule has 0 aliphatic rings. The van der Waals surface area contributed by atoms with Crippen LogP contribution in [0, 0.1) is 10.1 Å². The maximum atomic E-state index is 12.4. The van der Waals surface area contributed by atoms with Crippen LogP contribution in [0.1, 0.15) is 21.5 Å². The van der Waals surface area contributed by atoms with E-state index in [0.29, 0.717) is 12.0 Å². The van der Waals surface area contributed by atoms with E-state index in [2.05, 4.69) is 5.32 Å². The van der Waals surface area contributed by atoms with Crippen LogP contribution >= 0.6 is 0 Å². The number of nitrogens with one attached hydrogen (secondary N) is 1. The predicted molar refractivity (Wildman–Crippen MR) is 96.7 cm³/mol. The van der Waals surface area contributed by atoms with E-state index in [1.54, 1.807) is 0 Å². The summed E-state index contributed by atoms with van der Waals surface area (Å²) in [7, 11) is 0. The van der Waals surface area contributed by atoms with Gasteiger partial charge in [-0.1, -0.05) is 48.5 Å². The largest absolute Gasteiger partial charge is 0.322 e. The van der Waals surface area contributed by atoms with Crippen molar-refractivity contribution >= 4 is 17.3 Å².